The Morgan fingerprint density at radius 3 is 1.58 bits per heavy atom. The van der Waals surface area contributed by atoms with Gasteiger partial charge in [-0.3, -0.25) is 0 Å². The zero-order valence-electron chi connectivity index (χ0n) is 20.9. The molecule has 0 atom stereocenters. The van der Waals surface area contributed by atoms with Crippen molar-refractivity contribution in [3.8, 4) is 22.3 Å². The van der Waals surface area contributed by atoms with Crippen LogP contribution in [0.5, 0.6) is 0 Å². The number of hydrogen-bond donors (Lipinski definition) is 0. The average Bonchev–Trinajstić information content (AvgIpc) is 2.87. The van der Waals surface area contributed by atoms with Crippen LogP contribution in [-0.2, 0) is 6.18 Å². The first-order chi connectivity index (χ1) is 17.2. The minimum Gasteiger partial charge on any atom is -0.166 e. The fourth-order valence-electron chi connectivity index (χ4n) is 5.38. The Labute approximate surface area is 210 Å². The molecule has 5 aromatic rings. The van der Waals surface area contributed by atoms with Crippen LogP contribution in [0.3, 0.4) is 0 Å². The highest BCUT2D eigenvalue weighted by atomic mass is 19.4. The number of rotatable bonds is 4. The molecule has 0 radical (unpaired) electrons. The first-order valence-corrected chi connectivity index (χ1v) is 12.4. The molecule has 0 bridgehead atoms. The summed E-state index contributed by atoms with van der Waals surface area (Å²) in [6.45, 7) is 8.76. The van der Waals surface area contributed by atoms with Crippen LogP contribution in [0.25, 0.3) is 43.8 Å². The summed E-state index contributed by atoms with van der Waals surface area (Å²) < 4.78 is 40.3. The second kappa shape index (κ2) is 9.13. The molecule has 0 aliphatic carbocycles. The van der Waals surface area contributed by atoms with E-state index in [1.165, 1.54) is 28.6 Å². The van der Waals surface area contributed by atoms with Crippen LogP contribution < -0.4 is 0 Å². The van der Waals surface area contributed by atoms with Gasteiger partial charge in [0, 0.05) is 0 Å². The smallest absolute Gasteiger partial charge is 0.166 e. The van der Waals surface area contributed by atoms with E-state index in [1.807, 2.05) is 18.2 Å². The normalized spacial score (nSPS) is 12.2. The quantitative estimate of drug-likeness (QED) is 0.223. The van der Waals surface area contributed by atoms with Crippen molar-refractivity contribution in [2.45, 2.75) is 45.7 Å². The molecule has 0 saturated heterocycles. The molecule has 36 heavy (non-hydrogen) atoms. The van der Waals surface area contributed by atoms with Crippen LogP contribution in [0.15, 0.2) is 91.0 Å². The second-order valence-electron chi connectivity index (χ2n) is 10.0. The largest absolute Gasteiger partial charge is 0.416 e. The van der Waals surface area contributed by atoms with E-state index in [2.05, 4.69) is 76.2 Å². The molecular weight excluding hydrogens is 453 g/mol. The fourth-order valence-corrected chi connectivity index (χ4v) is 5.38. The summed E-state index contributed by atoms with van der Waals surface area (Å²) in [7, 11) is 0. The highest BCUT2D eigenvalue weighted by Crippen LogP contribution is 2.48. The molecule has 0 nitrogen and oxygen atoms in total. The molecule has 0 aromatic heterocycles. The molecule has 0 unspecified atom stereocenters. The Morgan fingerprint density at radius 2 is 1.03 bits per heavy atom. The van der Waals surface area contributed by atoms with E-state index < -0.39 is 11.7 Å². The summed E-state index contributed by atoms with van der Waals surface area (Å²) in [5, 5.41) is 4.61. The van der Waals surface area contributed by atoms with E-state index in [-0.39, 0.29) is 5.92 Å². The topological polar surface area (TPSA) is 0 Å². The predicted octanol–water partition coefficient (Wildman–Crippen LogP) is 10.6. The third kappa shape index (κ3) is 4.07. The van der Waals surface area contributed by atoms with Crippen molar-refractivity contribution in [1.82, 2.24) is 0 Å². The molecular formula is C33H29F3. The molecule has 0 fully saturated rings. The van der Waals surface area contributed by atoms with Gasteiger partial charge in [-0.15, -0.1) is 0 Å². The number of alkyl halides is 3. The van der Waals surface area contributed by atoms with Gasteiger partial charge in [-0.05, 0) is 78.9 Å². The number of halogens is 3. The lowest BCUT2D eigenvalue weighted by molar-refractivity contribution is -0.137. The first kappa shape index (κ1) is 24.1. The molecule has 0 N–H and O–H groups in total. The molecule has 0 heterocycles. The SMILES string of the molecule is CC(C)c1cccc2c1c(-c1ccc(C(F)(F)F)cc1)c(-c1ccccc1)c1cccc(C(C)C)c12. The lowest BCUT2D eigenvalue weighted by Crippen LogP contribution is -2.04. The van der Waals surface area contributed by atoms with E-state index in [0.717, 1.165) is 38.4 Å². The van der Waals surface area contributed by atoms with Gasteiger partial charge in [0.05, 0.1) is 5.56 Å². The lowest BCUT2D eigenvalue weighted by atomic mass is 9.79. The highest BCUT2D eigenvalue weighted by Gasteiger charge is 2.30. The Morgan fingerprint density at radius 1 is 0.500 bits per heavy atom. The molecule has 182 valence electrons. The highest BCUT2D eigenvalue weighted by molar-refractivity contribution is 6.23. The summed E-state index contributed by atoms with van der Waals surface area (Å²) in [6, 6.07) is 28.7. The fraction of sp³-hybridized carbons (Fsp3) is 0.212. The van der Waals surface area contributed by atoms with Crippen LogP contribution in [0.4, 0.5) is 13.2 Å². The Bertz CT molecular complexity index is 1540. The maximum absolute atomic E-state index is 13.4. The number of benzene rings is 5. The Hall–Kier alpha value is -3.59. The van der Waals surface area contributed by atoms with Crippen LogP contribution >= 0.6 is 0 Å². The minimum absolute atomic E-state index is 0.245. The van der Waals surface area contributed by atoms with E-state index in [1.54, 1.807) is 12.1 Å². The molecule has 5 aromatic carbocycles. The van der Waals surface area contributed by atoms with E-state index >= 15 is 0 Å². The van der Waals surface area contributed by atoms with Crippen molar-refractivity contribution in [2.24, 2.45) is 0 Å². The van der Waals surface area contributed by atoms with E-state index in [4.69, 9.17) is 0 Å². The van der Waals surface area contributed by atoms with E-state index in [0.29, 0.717) is 5.92 Å². The van der Waals surface area contributed by atoms with Crippen molar-refractivity contribution in [1.29, 1.82) is 0 Å². The van der Waals surface area contributed by atoms with Gasteiger partial charge in [0.25, 0.3) is 0 Å². The van der Waals surface area contributed by atoms with Crippen molar-refractivity contribution in [2.75, 3.05) is 0 Å². The summed E-state index contributed by atoms with van der Waals surface area (Å²) in [6.07, 6.45) is -4.37. The van der Waals surface area contributed by atoms with Crippen LogP contribution in [0.1, 0.15) is 56.2 Å². The summed E-state index contributed by atoms with van der Waals surface area (Å²) in [5.74, 6) is 0.564. The van der Waals surface area contributed by atoms with Crippen molar-refractivity contribution in [3.63, 3.8) is 0 Å². The standard InChI is InChI=1S/C33H29F3/c1-20(2)25-12-8-14-27-29(22-10-6-5-7-11-22)30(23-16-18-24(19-17-23)33(34,35)36)32-26(21(3)4)13-9-15-28(32)31(25)27/h5-21H,1-4H3. The van der Waals surface area contributed by atoms with Crippen LogP contribution in [0.2, 0.25) is 0 Å². The van der Waals surface area contributed by atoms with Gasteiger partial charge in [-0.1, -0.05) is 107 Å². The monoisotopic (exact) mass is 482 g/mol. The lowest BCUT2D eigenvalue weighted by Gasteiger charge is -2.24. The molecule has 0 aliphatic heterocycles. The van der Waals surface area contributed by atoms with Crippen molar-refractivity contribution < 1.29 is 13.2 Å². The predicted molar refractivity (Wildman–Crippen MR) is 146 cm³/mol. The maximum Gasteiger partial charge on any atom is 0.416 e. The average molecular weight is 483 g/mol. The van der Waals surface area contributed by atoms with Gasteiger partial charge in [0.15, 0.2) is 0 Å². The maximum atomic E-state index is 13.4. The molecule has 0 aliphatic rings. The van der Waals surface area contributed by atoms with Gasteiger partial charge in [-0.25, -0.2) is 0 Å². The summed E-state index contributed by atoms with van der Waals surface area (Å²) >= 11 is 0. The van der Waals surface area contributed by atoms with Gasteiger partial charge < -0.3 is 0 Å². The molecule has 0 spiro atoms. The third-order valence-corrected chi connectivity index (χ3v) is 7.04. The van der Waals surface area contributed by atoms with Crippen molar-refractivity contribution in [3.05, 3.63) is 108 Å². The van der Waals surface area contributed by atoms with Gasteiger partial charge in [0.1, 0.15) is 0 Å². The van der Waals surface area contributed by atoms with Gasteiger partial charge in [0.2, 0.25) is 0 Å². The number of hydrogen-bond acceptors (Lipinski definition) is 0. The van der Waals surface area contributed by atoms with Gasteiger partial charge >= 0.3 is 6.18 Å². The molecule has 5 rings (SSSR count). The molecule has 0 saturated carbocycles. The summed E-state index contributed by atoms with van der Waals surface area (Å²) in [5.41, 5.74) is 5.73. The van der Waals surface area contributed by atoms with Crippen molar-refractivity contribution >= 4 is 21.5 Å². The first-order valence-electron chi connectivity index (χ1n) is 12.4. The van der Waals surface area contributed by atoms with Crippen LogP contribution in [0, 0.1) is 0 Å². The molecule has 3 heteroatoms. The zero-order valence-corrected chi connectivity index (χ0v) is 20.9. The van der Waals surface area contributed by atoms with Crippen LogP contribution in [-0.4, -0.2) is 0 Å². The zero-order chi connectivity index (χ0) is 25.6. The van der Waals surface area contributed by atoms with E-state index in [9.17, 15) is 13.2 Å². The minimum atomic E-state index is -4.37. The Balaban J connectivity index is 2.04. The Kier molecular flexibility index (Phi) is 6.12. The van der Waals surface area contributed by atoms with Gasteiger partial charge in [-0.2, -0.15) is 13.2 Å². The third-order valence-electron chi connectivity index (χ3n) is 7.04. The molecule has 0 amide bonds. The number of fused-ring (bicyclic) bond motifs is 3. The summed E-state index contributed by atoms with van der Waals surface area (Å²) in [4.78, 5) is 0. The second-order valence-corrected chi connectivity index (χ2v) is 10.0.